The van der Waals surface area contributed by atoms with Crippen LogP contribution in [0.5, 0.6) is 0 Å². The summed E-state index contributed by atoms with van der Waals surface area (Å²) < 4.78 is 37.7. The molecule has 0 atom stereocenters. The lowest BCUT2D eigenvalue weighted by Crippen LogP contribution is -2.51. The van der Waals surface area contributed by atoms with Crippen molar-refractivity contribution >= 4 is 34.4 Å². The van der Waals surface area contributed by atoms with Gasteiger partial charge in [0.1, 0.15) is 0 Å². The average molecular weight is 407 g/mol. The van der Waals surface area contributed by atoms with Gasteiger partial charge in [-0.25, -0.2) is 22.7 Å². The zero-order valence-electron chi connectivity index (χ0n) is 14.6. The summed E-state index contributed by atoms with van der Waals surface area (Å²) in [5.41, 5.74) is 4.90. The highest BCUT2D eigenvalue weighted by molar-refractivity contribution is 7.89. The maximum atomic E-state index is 12.9. The number of hydrogen-bond donors (Lipinski definition) is 2. The van der Waals surface area contributed by atoms with Gasteiger partial charge in [-0.15, -0.1) is 12.4 Å². The van der Waals surface area contributed by atoms with Gasteiger partial charge in [0.25, 0.3) is 0 Å². The highest BCUT2D eigenvalue weighted by Crippen LogP contribution is 2.31. The fourth-order valence-corrected chi connectivity index (χ4v) is 4.70. The Morgan fingerprint density at radius 1 is 1.15 bits per heavy atom. The third-order valence-corrected chi connectivity index (χ3v) is 6.02. The van der Waals surface area contributed by atoms with E-state index in [1.165, 1.54) is 19.2 Å². The van der Waals surface area contributed by atoms with Gasteiger partial charge >= 0.3 is 11.9 Å². The zero-order valence-corrected chi connectivity index (χ0v) is 16.2. The summed E-state index contributed by atoms with van der Waals surface area (Å²) in [7, 11) is -1.77. The monoisotopic (exact) mass is 406 g/mol. The first-order valence-corrected chi connectivity index (χ1v) is 9.31. The van der Waals surface area contributed by atoms with Gasteiger partial charge in [0.15, 0.2) is 0 Å². The molecule has 10 heteroatoms. The van der Waals surface area contributed by atoms with E-state index in [2.05, 4.69) is 14.2 Å². The average Bonchev–Trinajstić information content (AvgIpc) is 3.08. The van der Waals surface area contributed by atoms with E-state index in [9.17, 15) is 18.0 Å². The molecule has 0 spiro atoms. The Hall–Kier alpha value is -1.68. The summed E-state index contributed by atoms with van der Waals surface area (Å²) in [6.07, 6.45) is 2.97. The summed E-state index contributed by atoms with van der Waals surface area (Å²) in [5, 5.41) is 0. The van der Waals surface area contributed by atoms with Crippen LogP contribution in [-0.4, -0.2) is 46.7 Å². The Morgan fingerprint density at radius 3 is 2.23 bits per heavy atom. The first-order valence-electron chi connectivity index (χ1n) is 7.83. The molecule has 0 heterocycles. The highest BCUT2D eigenvalue weighted by Gasteiger charge is 2.38. The van der Waals surface area contributed by atoms with Gasteiger partial charge in [-0.1, -0.05) is 12.8 Å². The molecule has 0 amide bonds. The van der Waals surface area contributed by atoms with Gasteiger partial charge in [-0.05, 0) is 31.0 Å². The van der Waals surface area contributed by atoms with Gasteiger partial charge in [0.05, 0.1) is 30.2 Å². The Balaban J connectivity index is 0.00000338. The molecule has 1 aliphatic carbocycles. The first-order chi connectivity index (χ1) is 11.8. The number of nitrogens with one attached hydrogen (secondary N) is 1. The molecule has 2 rings (SSSR count). The largest absolute Gasteiger partial charge is 0.465 e. The van der Waals surface area contributed by atoms with Crippen LogP contribution in [0.15, 0.2) is 23.1 Å². The Morgan fingerprint density at radius 2 is 1.73 bits per heavy atom. The van der Waals surface area contributed by atoms with Crippen LogP contribution in [-0.2, 0) is 19.5 Å². The van der Waals surface area contributed by atoms with E-state index in [1.54, 1.807) is 0 Å². The van der Waals surface area contributed by atoms with Crippen LogP contribution < -0.4 is 10.5 Å². The van der Waals surface area contributed by atoms with Crippen molar-refractivity contribution in [2.45, 2.75) is 36.1 Å². The lowest BCUT2D eigenvalue weighted by molar-refractivity contribution is 0.0583. The smallest absolute Gasteiger partial charge is 0.339 e. The molecular weight excluding hydrogens is 384 g/mol. The molecule has 26 heavy (non-hydrogen) atoms. The van der Waals surface area contributed by atoms with E-state index in [1.807, 2.05) is 0 Å². The molecule has 3 N–H and O–H groups in total. The molecule has 0 saturated heterocycles. The summed E-state index contributed by atoms with van der Waals surface area (Å²) in [6, 6.07) is 3.65. The zero-order chi connectivity index (χ0) is 18.7. The lowest BCUT2D eigenvalue weighted by atomic mass is 10.0. The van der Waals surface area contributed by atoms with E-state index in [-0.39, 0.29) is 35.0 Å². The van der Waals surface area contributed by atoms with E-state index in [4.69, 9.17) is 5.73 Å². The van der Waals surface area contributed by atoms with Crippen LogP contribution in [0, 0.1) is 0 Å². The van der Waals surface area contributed by atoms with Crippen molar-refractivity contribution in [1.82, 2.24) is 4.72 Å². The number of benzene rings is 1. The van der Waals surface area contributed by atoms with Crippen LogP contribution in [0.1, 0.15) is 46.4 Å². The molecule has 1 aromatic rings. The van der Waals surface area contributed by atoms with Crippen LogP contribution >= 0.6 is 12.4 Å². The fourth-order valence-electron chi connectivity index (χ4n) is 3.01. The summed E-state index contributed by atoms with van der Waals surface area (Å²) >= 11 is 0. The van der Waals surface area contributed by atoms with Crippen molar-refractivity contribution in [1.29, 1.82) is 0 Å². The second-order valence-electron chi connectivity index (χ2n) is 5.99. The standard InChI is InChI=1S/C16H22N2O6S.ClH/c1-23-14(19)11-5-6-12(15(20)24-2)13(9-11)25(21,22)18-16(10-17)7-3-4-8-16;/h5-6,9,18H,3-4,7-8,10,17H2,1-2H3;1H. The Bertz CT molecular complexity index is 775. The van der Waals surface area contributed by atoms with E-state index in [0.717, 1.165) is 26.0 Å². The van der Waals surface area contributed by atoms with Gasteiger partial charge < -0.3 is 15.2 Å². The number of sulfonamides is 1. The van der Waals surface area contributed by atoms with Crippen molar-refractivity contribution in [2.24, 2.45) is 5.73 Å². The number of esters is 2. The van der Waals surface area contributed by atoms with E-state index in [0.29, 0.717) is 12.8 Å². The summed E-state index contributed by atoms with van der Waals surface area (Å²) in [5.74, 6) is -1.52. The number of halogens is 1. The maximum Gasteiger partial charge on any atom is 0.339 e. The van der Waals surface area contributed by atoms with Gasteiger partial charge in [0, 0.05) is 12.1 Å². The Labute approximate surface area is 158 Å². The molecule has 0 bridgehead atoms. The minimum Gasteiger partial charge on any atom is -0.465 e. The van der Waals surface area contributed by atoms with Crippen LogP contribution in [0.25, 0.3) is 0 Å². The van der Waals surface area contributed by atoms with Crippen molar-refractivity contribution in [2.75, 3.05) is 20.8 Å². The summed E-state index contributed by atoms with van der Waals surface area (Å²) in [4.78, 5) is 23.4. The number of hydrogen-bond acceptors (Lipinski definition) is 7. The number of rotatable bonds is 6. The number of methoxy groups -OCH3 is 2. The molecule has 8 nitrogen and oxygen atoms in total. The predicted molar refractivity (Wildman–Crippen MR) is 96.9 cm³/mol. The predicted octanol–water partition coefficient (Wildman–Crippen LogP) is 1.23. The first kappa shape index (κ1) is 22.4. The van der Waals surface area contributed by atoms with Crippen LogP contribution in [0.4, 0.5) is 0 Å². The number of carbonyl (C=O) groups excluding carboxylic acids is 2. The summed E-state index contributed by atoms with van der Waals surface area (Å²) in [6.45, 7) is 0.149. The van der Waals surface area contributed by atoms with Crippen molar-refractivity contribution < 1.29 is 27.5 Å². The van der Waals surface area contributed by atoms with E-state index >= 15 is 0 Å². The van der Waals surface area contributed by atoms with Gasteiger partial charge in [0.2, 0.25) is 10.0 Å². The van der Waals surface area contributed by atoms with Crippen LogP contribution in [0.2, 0.25) is 0 Å². The van der Waals surface area contributed by atoms with Crippen molar-refractivity contribution in [3.8, 4) is 0 Å². The molecule has 0 unspecified atom stereocenters. The Kier molecular flexibility index (Phi) is 7.57. The van der Waals surface area contributed by atoms with E-state index < -0.39 is 27.5 Å². The normalized spacial score (nSPS) is 15.8. The van der Waals surface area contributed by atoms with Crippen LogP contribution in [0.3, 0.4) is 0 Å². The number of ether oxygens (including phenoxy) is 2. The van der Waals surface area contributed by atoms with Crippen molar-refractivity contribution in [3.05, 3.63) is 29.3 Å². The molecule has 0 aromatic heterocycles. The molecule has 0 aliphatic heterocycles. The maximum absolute atomic E-state index is 12.9. The molecule has 0 radical (unpaired) electrons. The second-order valence-corrected chi connectivity index (χ2v) is 7.64. The molecule has 1 saturated carbocycles. The highest BCUT2D eigenvalue weighted by atomic mass is 35.5. The second kappa shape index (κ2) is 8.81. The quantitative estimate of drug-likeness (QED) is 0.680. The number of carbonyl (C=O) groups is 2. The lowest BCUT2D eigenvalue weighted by Gasteiger charge is -2.28. The van der Waals surface area contributed by atoms with Gasteiger partial charge in [-0.3, -0.25) is 0 Å². The topological polar surface area (TPSA) is 125 Å². The minimum absolute atomic E-state index is 0. The van der Waals surface area contributed by atoms with Gasteiger partial charge in [-0.2, -0.15) is 0 Å². The third-order valence-electron chi connectivity index (χ3n) is 4.40. The molecule has 1 aromatic carbocycles. The number of nitrogens with two attached hydrogens (primary N) is 1. The molecule has 1 fully saturated rings. The molecule has 146 valence electrons. The van der Waals surface area contributed by atoms with Crippen molar-refractivity contribution in [3.63, 3.8) is 0 Å². The fraction of sp³-hybridized carbons (Fsp3) is 0.500. The molecular formula is C16H23ClN2O6S. The minimum atomic E-state index is -4.10. The third kappa shape index (κ3) is 4.53. The SMILES string of the molecule is COC(=O)c1ccc(C(=O)OC)c(S(=O)(=O)NC2(CN)CCCC2)c1.Cl. The molecule has 1 aliphatic rings.